The molecule has 1 amide bonds. The molecule has 2 aliphatic heterocycles. The first kappa shape index (κ1) is 16.6. The number of morpholine rings is 1. The number of carbonyl (C=O) groups is 1. The Morgan fingerprint density at radius 3 is 2.68 bits per heavy atom. The Balaban J connectivity index is 1.41. The lowest BCUT2D eigenvalue weighted by atomic mass is 9.95. The molecule has 0 aromatic heterocycles. The van der Waals surface area contributed by atoms with Crippen molar-refractivity contribution in [2.75, 3.05) is 39.4 Å². The van der Waals surface area contributed by atoms with Crippen LogP contribution in [-0.4, -0.2) is 55.1 Å². The van der Waals surface area contributed by atoms with Crippen molar-refractivity contribution in [3.63, 3.8) is 0 Å². The van der Waals surface area contributed by atoms with Gasteiger partial charge in [0.1, 0.15) is 0 Å². The van der Waals surface area contributed by atoms with E-state index in [4.69, 9.17) is 4.74 Å². The average Bonchev–Trinajstić information content (AvgIpc) is 2.68. The first-order valence-corrected chi connectivity index (χ1v) is 9.36. The maximum atomic E-state index is 12.8. The summed E-state index contributed by atoms with van der Waals surface area (Å²) in [5.41, 5.74) is 1.33. The number of fused-ring (bicyclic) bond motifs is 1. The Kier molecular flexibility index (Phi) is 4.99. The van der Waals surface area contributed by atoms with Gasteiger partial charge in [0, 0.05) is 26.2 Å². The van der Waals surface area contributed by atoms with Crippen LogP contribution in [0.5, 0.6) is 0 Å². The van der Waals surface area contributed by atoms with E-state index in [0.29, 0.717) is 19.1 Å². The summed E-state index contributed by atoms with van der Waals surface area (Å²) in [6, 6.07) is 15.2. The summed E-state index contributed by atoms with van der Waals surface area (Å²) in [6.45, 7) is 5.75. The Morgan fingerprint density at radius 2 is 1.84 bits per heavy atom. The predicted octanol–water partition coefficient (Wildman–Crippen LogP) is 2.91. The lowest BCUT2D eigenvalue weighted by molar-refractivity contribution is -0.141. The van der Waals surface area contributed by atoms with Crippen molar-refractivity contribution in [2.24, 2.45) is 5.92 Å². The molecule has 2 heterocycles. The maximum absolute atomic E-state index is 12.8. The molecule has 25 heavy (non-hydrogen) atoms. The zero-order valence-corrected chi connectivity index (χ0v) is 14.7. The molecule has 4 heteroatoms. The number of piperidine rings is 1. The van der Waals surface area contributed by atoms with Crippen LogP contribution >= 0.6 is 0 Å². The fourth-order valence-electron chi connectivity index (χ4n) is 4.04. The molecule has 4 nitrogen and oxygen atoms in total. The second kappa shape index (κ2) is 7.54. The van der Waals surface area contributed by atoms with Crippen LogP contribution in [-0.2, 0) is 16.1 Å². The van der Waals surface area contributed by atoms with Crippen LogP contribution in [0.25, 0.3) is 10.8 Å². The van der Waals surface area contributed by atoms with E-state index in [1.54, 1.807) is 0 Å². The minimum atomic E-state index is 0.146. The van der Waals surface area contributed by atoms with Gasteiger partial charge in [0.15, 0.2) is 0 Å². The smallest absolute Gasteiger partial charge is 0.227 e. The predicted molar refractivity (Wildman–Crippen MR) is 99.3 cm³/mol. The highest BCUT2D eigenvalue weighted by Gasteiger charge is 2.30. The van der Waals surface area contributed by atoms with Gasteiger partial charge in [-0.2, -0.15) is 0 Å². The quantitative estimate of drug-likeness (QED) is 0.863. The van der Waals surface area contributed by atoms with E-state index in [1.165, 1.54) is 16.3 Å². The Labute approximate surface area is 149 Å². The van der Waals surface area contributed by atoms with Gasteiger partial charge in [-0.05, 0) is 41.8 Å². The highest BCUT2D eigenvalue weighted by molar-refractivity contribution is 5.83. The van der Waals surface area contributed by atoms with Crippen molar-refractivity contribution in [3.8, 4) is 0 Å². The Morgan fingerprint density at radius 1 is 1.04 bits per heavy atom. The van der Waals surface area contributed by atoms with E-state index in [2.05, 4.69) is 47.4 Å². The van der Waals surface area contributed by atoms with Gasteiger partial charge in [0.2, 0.25) is 5.91 Å². The number of ether oxygens (including phenoxy) is 1. The summed E-state index contributed by atoms with van der Waals surface area (Å²) in [6.07, 6.45) is 2.12. The number of rotatable bonds is 3. The summed E-state index contributed by atoms with van der Waals surface area (Å²) in [5.74, 6) is 0.471. The van der Waals surface area contributed by atoms with Crippen LogP contribution in [0.3, 0.4) is 0 Å². The van der Waals surface area contributed by atoms with Crippen LogP contribution in [0, 0.1) is 5.92 Å². The van der Waals surface area contributed by atoms with Crippen LogP contribution in [0.1, 0.15) is 18.4 Å². The van der Waals surface area contributed by atoms with E-state index in [1.807, 2.05) is 4.90 Å². The van der Waals surface area contributed by atoms with Crippen LogP contribution < -0.4 is 0 Å². The number of nitrogens with zero attached hydrogens (tertiary/aromatic N) is 2. The molecule has 132 valence electrons. The second-order valence-corrected chi connectivity index (χ2v) is 7.19. The van der Waals surface area contributed by atoms with Crippen molar-refractivity contribution < 1.29 is 9.53 Å². The number of amides is 1. The molecule has 0 spiro atoms. The van der Waals surface area contributed by atoms with E-state index in [-0.39, 0.29) is 5.92 Å². The third-order valence-electron chi connectivity index (χ3n) is 5.40. The van der Waals surface area contributed by atoms with E-state index < -0.39 is 0 Å². The number of benzene rings is 2. The minimum absolute atomic E-state index is 0.146. The molecule has 0 aliphatic carbocycles. The summed E-state index contributed by atoms with van der Waals surface area (Å²) in [4.78, 5) is 17.2. The van der Waals surface area contributed by atoms with E-state index in [9.17, 15) is 4.79 Å². The molecule has 0 bridgehead atoms. The van der Waals surface area contributed by atoms with Crippen molar-refractivity contribution in [1.82, 2.24) is 9.80 Å². The zero-order valence-electron chi connectivity index (χ0n) is 14.7. The lowest BCUT2D eigenvalue weighted by Gasteiger charge is -2.36. The van der Waals surface area contributed by atoms with Gasteiger partial charge in [-0.3, -0.25) is 9.69 Å². The van der Waals surface area contributed by atoms with Crippen LogP contribution in [0.2, 0.25) is 0 Å². The second-order valence-electron chi connectivity index (χ2n) is 7.19. The van der Waals surface area contributed by atoms with E-state index in [0.717, 1.165) is 45.6 Å². The molecule has 2 aromatic rings. The van der Waals surface area contributed by atoms with Crippen molar-refractivity contribution in [1.29, 1.82) is 0 Å². The third-order valence-corrected chi connectivity index (χ3v) is 5.40. The maximum Gasteiger partial charge on any atom is 0.227 e. The van der Waals surface area contributed by atoms with Crippen LogP contribution in [0.4, 0.5) is 0 Å². The molecule has 0 radical (unpaired) electrons. The van der Waals surface area contributed by atoms with Gasteiger partial charge in [0.05, 0.1) is 19.1 Å². The molecule has 4 rings (SSSR count). The normalized spacial score (nSPS) is 22.2. The molecule has 1 unspecified atom stereocenters. The number of carbonyl (C=O) groups excluding carboxylic acids is 1. The fraction of sp³-hybridized carbons (Fsp3) is 0.476. The number of hydrogen-bond donors (Lipinski definition) is 0. The molecule has 1 atom stereocenters. The van der Waals surface area contributed by atoms with Gasteiger partial charge >= 0.3 is 0 Å². The van der Waals surface area contributed by atoms with Gasteiger partial charge in [-0.1, -0.05) is 36.4 Å². The standard InChI is InChI=1S/C21H26N2O2/c24-21(23-10-12-25-13-11-23)20-6-3-9-22(16-20)15-17-7-8-18-4-1-2-5-19(18)14-17/h1-2,4-5,7-8,14,20H,3,6,9-13,15-16H2. The summed E-state index contributed by atoms with van der Waals surface area (Å²) in [7, 11) is 0. The molecule has 0 N–H and O–H groups in total. The van der Waals surface area contributed by atoms with Crippen molar-refractivity contribution in [2.45, 2.75) is 19.4 Å². The highest BCUT2D eigenvalue weighted by atomic mass is 16.5. The topological polar surface area (TPSA) is 32.8 Å². The largest absolute Gasteiger partial charge is 0.378 e. The SMILES string of the molecule is O=C(C1CCCN(Cc2ccc3ccccc3c2)C1)N1CCOCC1. The van der Waals surface area contributed by atoms with Gasteiger partial charge < -0.3 is 9.64 Å². The number of hydrogen-bond acceptors (Lipinski definition) is 3. The van der Waals surface area contributed by atoms with E-state index >= 15 is 0 Å². The lowest BCUT2D eigenvalue weighted by Crippen LogP contribution is -2.48. The Hall–Kier alpha value is -1.91. The van der Waals surface area contributed by atoms with Gasteiger partial charge in [-0.15, -0.1) is 0 Å². The molecule has 2 aliphatic rings. The summed E-state index contributed by atoms with van der Waals surface area (Å²) >= 11 is 0. The fourth-order valence-corrected chi connectivity index (χ4v) is 4.04. The van der Waals surface area contributed by atoms with Gasteiger partial charge in [0.25, 0.3) is 0 Å². The molecule has 2 aromatic carbocycles. The van der Waals surface area contributed by atoms with Gasteiger partial charge in [-0.25, -0.2) is 0 Å². The zero-order chi connectivity index (χ0) is 17.1. The van der Waals surface area contributed by atoms with Crippen LogP contribution in [0.15, 0.2) is 42.5 Å². The molecule has 2 fully saturated rings. The summed E-state index contributed by atoms with van der Waals surface area (Å²) in [5, 5.41) is 2.57. The highest BCUT2D eigenvalue weighted by Crippen LogP contribution is 2.23. The summed E-state index contributed by atoms with van der Waals surface area (Å²) < 4.78 is 5.37. The average molecular weight is 338 g/mol. The third kappa shape index (κ3) is 3.86. The first-order chi connectivity index (χ1) is 12.3. The Bertz CT molecular complexity index is 740. The molecule has 2 saturated heterocycles. The molecule has 0 saturated carbocycles. The monoisotopic (exact) mass is 338 g/mol. The molecular weight excluding hydrogens is 312 g/mol. The minimum Gasteiger partial charge on any atom is -0.378 e. The van der Waals surface area contributed by atoms with Crippen molar-refractivity contribution in [3.05, 3.63) is 48.0 Å². The molecular formula is C21H26N2O2. The van der Waals surface area contributed by atoms with Crippen molar-refractivity contribution >= 4 is 16.7 Å². The number of likely N-dealkylation sites (tertiary alicyclic amines) is 1. The first-order valence-electron chi connectivity index (χ1n) is 9.36.